The van der Waals surface area contributed by atoms with Crippen LogP contribution in [0.1, 0.15) is 33.9 Å². The molecule has 2 amide bonds. The summed E-state index contributed by atoms with van der Waals surface area (Å²) in [4.78, 5) is 54.2. The lowest BCUT2D eigenvalue weighted by atomic mass is 10.00. The van der Waals surface area contributed by atoms with Crippen LogP contribution in [0.25, 0.3) is 0 Å². The van der Waals surface area contributed by atoms with Crippen LogP contribution in [0.3, 0.4) is 0 Å². The van der Waals surface area contributed by atoms with E-state index in [1.54, 1.807) is 72.8 Å². The van der Waals surface area contributed by atoms with Crippen LogP contribution < -0.4 is 10.6 Å². The van der Waals surface area contributed by atoms with Gasteiger partial charge in [0.2, 0.25) is 0 Å². The number of ether oxygens (including phenoxy) is 1. The van der Waals surface area contributed by atoms with Crippen molar-refractivity contribution < 1.29 is 37.1 Å². The van der Waals surface area contributed by atoms with Gasteiger partial charge in [0.05, 0.1) is 29.0 Å². The molecule has 4 rings (SSSR count). The normalized spacial score (nSPS) is 14.7. The van der Waals surface area contributed by atoms with Crippen LogP contribution in [-0.4, -0.2) is 53.2 Å². The van der Waals surface area contributed by atoms with Gasteiger partial charge in [-0.3, -0.25) is 19.3 Å². The van der Waals surface area contributed by atoms with E-state index in [9.17, 15) is 32.3 Å². The second-order valence-corrected chi connectivity index (χ2v) is 9.76. The second kappa shape index (κ2) is 12.9. The van der Waals surface area contributed by atoms with E-state index >= 15 is 0 Å². The molecule has 1 aliphatic rings. The fraction of sp³-hybridized carbons (Fsp3) is 0.200. The monoisotopic (exact) mass is 595 g/mol. The SMILES string of the molecule is NCC(S)C#Cc1ccc2c(c1)C(=O)N(C(CC(=O)OC(=O)C(F)(F)F)c1ccccc1)CC(=O)N2c1ccccc1. The van der Waals surface area contributed by atoms with Gasteiger partial charge in [-0.25, -0.2) is 4.79 Å². The van der Waals surface area contributed by atoms with Crippen LogP contribution in [0.4, 0.5) is 24.5 Å². The number of amides is 2. The van der Waals surface area contributed by atoms with E-state index in [0.29, 0.717) is 16.8 Å². The molecule has 0 radical (unpaired) electrons. The summed E-state index contributed by atoms with van der Waals surface area (Å²) in [6.07, 6.45) is -6.22. The second-order valence-electron chi connectivity index (χ2n) is 9.14. The molecule has 2 N–H and O–H groups in total. The summed E-state index contributed by atoms with van der Waals surface area (Å²) in [5.41, 5.74) is 7.10. The molecular formula is C30H24F3N3O5S. The highest BCUT2D eigenvalue weighted by Gasteiger charge is 2.43. The van der Waals surface area contributed by atoms with Gasteiger partial charge in [0.15, 0.2) is 0 Å². The van der Waals surface area contributed by atoms with Crippen molar-refractivity contribution in [2.75, 3.05) is 18.0 Å². The number of carbonyl (C=O) groups excluding carboxylic acids is 4. The predicted molar refractivity (Wildman–Crippen MR) is 151 cm³/mol. The van der Waals surface area contributed by atoms with E-state index in [-0.39, 0.29) is 17.8 Å². The minimum atomic E-state index is -5.39. The molecule has 2 atom stereocenters. The summed E-state index contributed by atoms with van der Waals surface area (Å²) in [5.74, 6) is 0.315. The van der Waals surface area contributed by atoms with Crippen molar-refractivity contribution in [1.29, 1.82) is 0 Å². The fourth-order valence-corrected chi connectivity index (χ4v) is 4.40. The first-order chi connectivity index (χ1) is 20.0. The van der Waals surface area contributed by atoms with Crippen molar-refractivity contribution in [2.24, 2.45) is 5.73 Å². The van der Waals surface area contributed by atoms with Gasteiger partial charge in [0.25, 0.3) is 11.8 Å². The van der Waals surface area contributed by atoms with Crippen molar-refractivity contribution in [3.8, 4) is 11.8 Å². The third-order valence-corrected chi connectivity index (χ3v) is 6.60. The number of carbonyl (C=O) groups is 4. The summed E-state index contributed by atoms with van der Waals surface area (Å²) < 4.78 is 42.3. The molecule has 8 nitrogen and oxygen atoms in total. The van der Waals surface area contributed by atoms with E-state index < -0.39 is 54.2 Å². The van der Waals surface area contributed by atoms with Crippen molar-refractivity contribution >= 4 is 47.8 Å². The third kappa shape index (κ3) is 6.99. The molecule has 3 aromatic carbocycles. The van der Waals surface area contributed by atoms with Crippen LogP contribution in [-0.2, 0) is 19.1 Å². The van der Waals surface area contributed by atoms with Crippen molar-refractivity contribution in [3.05, 3.63) is 95.6 Å². The number of nitrogens with two attached hydrogens (primary N) is 1. The summed E-state index contributed by atoms with van der Waals surface area (Å²) in [5, 5.41) is -0.425. The van der Waals surface area contributed by atoms with Gasteiger partial charge in [-0.15, -0.1) is 0 Å². The Morgan fingerprint density at radius 1 is 1.00 bits per heavy atom. The van der Waals surface area contributed by atoms with E-state index in [1.807, 2.05) is 0 Å². The topological polar surface area (TPSA) is 110 Å². The number of fused-ring (bicyclic) bond motifs is 1. The molecule has 0 saturated heterocycles. The highest BCUT2D eigenvalue weighted by Crippen LogP contribution is 2.36. The van der Waals surface area contributed by atoms with E-state index in [4.69, 9.17) is 5.73 Å². The lowest BCUT2D eigenvalue weighted by molar-refractivity contribution is -0.202. The van der Waals surface area contributed by atoms with E-state index in [0.717, 1.165) is 4.90 Å². The lowest BCUT2D eigenvalue weighted by Crippen LogP contribution is -2.41. The largest absolute Gasteiger partial charge is 0.491 e. The highest BCUT2D eigenvalue weighted by molar-refractivity contribution is 7.81. The number of hydrogen-bond acceptors (Lipinski definition) is 7. The first-order valence-electron chi connectivity index (χ1n) is 12.6. The number of para-hydroxylation sites is 1. The molecule has 1 heterocycles. The van der Waals surface area contributed by atoms with Crippen LogP contribution in [0.2, 0.25) is 0 Å². The van der Waals surface area contributed by atoms with Crippen molar-refractivity contribution in [1.82, 2.24) is 4.90 Å². The summed E-state index contributed by atoms with van der Waals surface area (Å²) in [6, 6.07) is 19.9. The molecule has 0 fully saturated rings. The zero-order valence-corrected chi connectivity index (χ0v) is 22.8. The average Bonchev–Trinajstić information content (AvgIpc) is 3.08. The molecule has 0 aromatic heterocycles. The van der Waals surface area contributed by atoms with Crippen LogP contribution >= 0.6 is 12.6 Å². The molecule has 0 spiro atoms. The molecule has 42 heavy (non-hydrogen) atoms. The Labute approximate surface area is 244 Å². The number of thiol groups is 1. The number of benzene rings is 3. The lowest BCUT2D eigenvalue weighted by Gasteiger charge is -2.30. The van der Waals surface area contributed by atoms with Gasteiger partial charge in [-0.1, -0.05) is 60.4 Å². The number of alkyl halides is 3. The predicted octanol–water partition coefficient (Wildman–Crippen LogP) is 4.18. The number of halogens is 3. The van der Waals surface area contributed by atoms with Gasteiger partial charge < -0.3 is 15.4 Å². The van der Waals surface area contributed by atoms with Gasteiger partial charge in [0, 0.05) is 17.8 Å². The molecule has 216 valence electrons. The van der Waals surface area contributed by atoms with Crippen LogP contribution in [0, 0.1) is 11.8 Å². The molecule has 12 heteroatoms. The smallest absolute Gasteiger partial charge is 0.386 e. The van der Waals surface area contributed by atoms with E-state index in [1.165, 1.54) is 11.0 Å². The Morgan fingerprint density at radius 2 is 1.64 bits per heavy atom. The quantitative estimate of drug-likeness (QED) is 0.192. The number of hydrogen-bond donors (Lipinski definition) is 2. The zero-order valence-electron chi connectivity index (χ0n) is 21.9. The van der Waals surface area contributed by atoms with E-state index in [2.05, 4.69) is 29.2 Å². The minimum absolute atomic E-state index is 0.0561. The van der Waals surface area contributed by atoms with Crippen molar-refractivity contribution in [3.63, 3.8) is 0 Å². The summed E-state index contributed by atoms with van der Waals surface area (Å²) >= 11 is 4.26. The molecule has 2 unspecified atom stereocenters. The maximum Gasteiger partial charge on any atom is 0.491 e. The highest BCUT2D eigenvalue weighted by atomic mass is 32.1. The molecule has 1 aliphatic heterocycles. The van der Waals surface area contributed by atoms with Gasteiger partial charge >= 0.3 is 18.1 Å². The molecule has 0 saturated carbocycles. The number of rotatable bonds is 6. The third-order valence-electron chi connectivity index (χ3n) is 6.26. The molecular weight excluding hydrogens is 571 g/mol. The van der Waals surface area contributed by atoms with Crippen LogP contribution in [0.5, 0.6) is 0 Å². The first-order valence-corrected chi connectivity index (χ1v) is 13.1. The number of anilines is 2. The molecule has 0 bridgehead atoms. The standard InChI is InChI=1S/C30H24F3N3O5S/c31-30(32,33)29(40)41-27(38)16-25(20-7-3-1-4-8-20)35-18-26(37)36(21-9-5-2-6-10-21)24-14-12-19(11-13-22(42)17-34)15-23(24)28(35)39/h1-10,12,14-15,22,25,42H,16-18,34H2. The minimum Gasteiger partial charge on any atom is -0.386 e. The maximum absolute atomic E-state index is 14.1. The number of nitrogens with zero attached hydrogens (tertiary/aromatic N) is 2. The van der Waals surface area contributed by atoms with Gasteiger partial charge in [-0.05, 0) is 35.9 Å². The Kier molecular flexibility index (Phi) is 9.35. The van der Waals surface area contributed by atoms with Gasteiger partial charge in [0.1, 0.15) is 6.54 Å². The zero-order chi connectivity index (χ0) is 30.4. The Hall–Kier alpha value is -4.60. The van der Waals surface area contributed by atoms with Gasteiger partial charge in [-0.2, -0.15) is 25.8 Å². The first kappa shape index (κ1) is 30.4. The molecule has 0 aliphatic carbocycles. The Bertz CT molecular complexity index is 1560. The maximum atomic E-state index is 14.1. The Balaban J connectivity index is 1.82. The number of esters is 2. The van der Waals surface area contributed by atoms with Crippen LogP contribution in [0.15, 0.2) is 78.9 Å². The average molecular weight is 596 g/mol. The summed E-state index contributed by atoms with van der Waals surface area (Å²) in [6.45, 7) is -0.356. The fourth-order valence-electron chi connectivity index (χ4n) is 4.34. The van der Waals surface area contributed by atoms with Crippen molar-refractivity contribution in [2.45, 2.75) is 23.9 Å². The Morgan fingerprint density at radius 3 is 2.26 bits per heavy atom. The summed E-state index contributed by atoms with van der Waals surface area (Å²) in [7, 11) is 0. The molecule has 3 aromatic rings.